The fourth-order valence-electron chi connectivity index (χ4n) is 5.18. The Morgan fingerprint density at radius 3 is 1.61 bits per heavy atom. The fraction of sp³-hybridized carbons (Fsp3) is 1.00. The van der Waals surface area contributed by atoms with Crippen LogP contribution >= 0.6 is 43.8 Å². The molecule has 4 saturated heterocycles. The van der Waals surface area contributed by atoms with Crippen LogP contribution in [0.25, 0.3) is 0 Å². The Balaban J connectivity index is 1.67. The van der Waals surface area contributed by atoms with Gasteiger partial charge in [0.2, 0.25) is 0 Å². The van der Waals surface area contributed by atoms with Crippen LogP contribution in [0.15, 0.2) is 9.03 Å². The van der Waals surface area contributed by atoms with Crippen LogP contribution in [0, 0.1) is 0 Å². The predicted molar refractivity (Wildman–Crippen MR) is 125 cm³/mol. The molecule has 0 aromatic carbocycles. The van der Waals surface area contributed by atoms with E-state index < -0.39 is 21.3 Å². The number of halogens is 2. The van der Waals surface area contributed by atoms with Crippen LogP contribution in [0.4, 0.5) is 0 Å². The van der Waals surface area contributed by atoms with Crippen LogP contribution in [-0.2, 0) is 0 Å². The molecule has 5 heterocycles. The van der Waals surface area contributed by atoms with Crippen molar-refractivity contribution in [2.75, 3.05) is 52.4 Å². The van der Waals surface area contributed by atoms with E-state index in [4.69, 9.17) is 31.5 Å². The SMILES string of the molecule is ClP1(N2CCCC2)=NP(N2CCCC2)(N2CCCC2)=N[PH](Cl)(N2CCCC2)N1. The fourth-order valence-corrected chi connectivity index (χ4v) is 23.9. The van der Waals surface area contributed by atoms with Crippen LogP contribution in [-0.4, -0.2) is 71.0 Å². The minimum atomic E-state index is -2.75. The Hall–Kier alpha value is 1.27. The van der Waals surface area contributed by atoms with Crippen molar-refractivity contribution in [2.24, 2.45) is 9.03 Å². The van der Waals surface area contributed by atoms with E-state index in [-0.39, 0.29) is 0 Å². The molecule has 4 fully saturated rings. The number of nitrogens with one attached hydrogen (secondary N) is 1. The zero-order chi connectivity index (χ0) is 19.2. The van der Waals surface area contributed by atoms with E-state index in [0.717, 1.165) is 52.4 Å². The predicted octanol–water partition coefficient (Wildman–Crippen LogP) is 5.75. The molecule has 0 aliphatic carbocycles. The second-order valence-electron chi connectivity index (χ2n) is 8.63. The van der Waals surface area contributed by atoms with E-state index in [2.05, 4.69) is 23.5 Å². The van der Waals surface area contributed by atoms with Crippen molar-refractivity contribution in [3.63, 3.8) is 0 Å². The summed E-state index contributed by atoms with van der Waals surface area (Å²) >= 11 is 15.0. The minimum absolute atomic E-state index is 1.04. The van der Waals surface area contributed by atoms with E-state index in [1.54, 1.807) is 0 Å². The summed E-state index contributed by atoms with van der Waals surface area (Å²) in [5.41, 5.74) is 0. The van der Waals surface area contributed by atoms with Crippen LogP contribution in [0.3, 0.4) is 0 Å². The van der Waals surface area contributed by atoms with Gasteiger partial charge in [0.15, 0.2) is 0 Å². The average Bonchev–Trinajstić information content (AvgIpc) is 3.51. The van der Waals surface area contributed by atoms with Crippen molar-refractivity contribution in [3.05, 3.63) is 0 Å². The Morgan fingerprint density at radius 1 is 0.679 bits per heavy atom. The molecule has 5 aliphatic heterocycles. The molecule has 1 unspecified atom stereocenters. The third kappa shape index (κ3) is 3.71. The Labute approximate surface area is 179 Å². The molecule has 5 aliphatic rings. The first-order valence-electron chi connectivity index (χ1n) is 11.0. The summed E-state index contributed by atoms with van der Waals surface area (Å²) < 4.78 is 21.3. The van der Waals surface area contributed by atoms with Gasteiger partial charge >= 0.3 is 180 Å². The zero-order valence-electron chi connectivity index (χ0n) is 16.6. The molecule has 7 nitrogen and oxygen atoms in total. The Morgan fingerprint density at radius 2 is 1.11 bits per heavy atom. The summed E-state index contributed by atoms with van der Waals surface area (Å²) in [4.78, 5) is 3.77. The molecule has 5 rings (SSSR count). The molecule has 0 amide bonds. The second kappa shape index (κ2) is 8.32. The molecule has 28 heavy (non-hydrogen) atoms. The average molecular weight is 488 g/mol. The molecular formula is C16H34Cl2N7P3. The van der Waals surface area contributed by atoms with Crippen molar-refractivity contribution < 1.29 is 0 Å². The van der Waals surface area contributed by atoms with Gasteiger partial charge in [-0.3, -0.25) is 0 Å². The van der Waals surface area contributed by atoms with E-state index in [1.165, 1.54) is 51.4 Å². The van der Waals surface area contributed by atoms with E-state index in [0.29, 0.717) is 0 Å². The summed E-state index contributed by atoms with van der Waals surface area (Å²) in [7, 11) is -4.96. The van der Waals surface area contributed by atoms with Gasteiger partial charge in [0.1, 0.15) is 0 Å². The summed E-state index contributed by atoms with van der Waals surface area (Å²) in [5, 5.41) is 0. The Kier molecular flexibility index (Phi) is 6.28. The molecule has 0 radical (unpaired) electrons. The molecule has 1 atom stereocenters. The van der Waals surface area contributed by atoms with Gasteiger partial charge in [0.25, 0.3) is 0 Å². The van der Waals surface area contributed by atoms with Gasteiger partial charge in [-0.1, -0.05) is 0 Å². The first-order valence-corrected chi connectivity index (χ1v) is 18.1. The molecule has 1 N–H and O–H groups in total. The van der Waals surface area contributed by atoms with Gasteiger partial charge in [-0.25, -0.2) is 0 Å². The Bertz CT molecular complexity index is 678. The third-order valence-corrected chi connectivity index (χ3v) is 21.9. The first kappa shape index (κ1) is 21.1. The zero-order valence-corrected chi connectivity index (χ0v) is 20.9. The normalized spacial score (nSPS) is 38.5. The molecular weight excluding hydrogens is 454 g/mol. The molecule has 0 bridgehead atoms. The van der Waals surface area contributed by atoms with Crippen LogP contribution in [0.5, 0.6) is 0 Å². The second-order valence-corrected chi connectivity index (χ2v) is 19.7. The number of rotatable bonds is 4. The third-order valence-electron chi connectivity index (χ3n) is 6.70. The van der Waals surface area contributed by atoms with Crippen LogP contribution in [0.2, 0.25) is 0 Å². The van der Waals surface area contributed by atoms with Gasteiger partial charge in [0.05, 0.1) is 0 Å². The van der Waals surface area contributed by atoms with Crippen molar-refractivity contribution in [1.82, 2.24) is 23.5 Å². The van der Waals surface area contributed by atoms with Crippen LogP contribution < -0.4 is 4.86 Å². The quantitative estimate of drug-likeness (QED) is 0.511. The summed E-state index contributed by atoms with van der Waals surface area (Å²) in [6.45, 7) is 6.16. The van der Waals surface area contributed by atoms with Gasteiger partial charge in [-0.05, 0) is 0 Å². The molecule has 0 aromatic heterocycles. The number of hydrogen-bond acceptors (Lipinski definition) is 7. The van der Waals surface area contributed by atoms with Gasteiger partial charge in [0, 0.05) is 0 Å². The van der Waals surface area contributed by atoms with E-state index in [9.17, 15) is 0 Å². The first-order chi connectivity index (χ1) is 13.5. The monoisotopic (exact) mass is 487 g/mol. The molecule has 162 valence electrons. The maximum atomic E-state index is 7.50. The maximum absolute atomic E-state index is 7.50. The van der Waals surface area contributed by atoms with E-state index in [1.807, 2.05) is 0 Å². The van der Waals surface area contributed by atoms with Crippen molar-refractivity contribution in [2.45, 2.75) is 51.4 Å². The van der Waals surface area contributed by atoms with E-state index >= 15 is 0 Å². The summed E-state index contributed by atoms with van der Waals surface area (Å²) in [6.07, 6.45) is 9.82. The standard InChI is InChI=1S/C16H34Cl2N7P3/c17-26(22-9-1-2-10-22)19-27(18,23-11-3-4-12-23)21-28(20-26,24-13-5-6-14-24)25-15-7-8-16-25/h19,26H,1-16H2. The van der Waals surface area contributed by atoms with Gasteiger partial charge in [-0.15, -0.1) is 0 Å². The van der Waals surface area contributed by atoms with Crippen molar-refractivity contribution in [3.8, 4) is 0 Å². The molecule has 0 aromatic rings. The molecule has 0 saturated carbocycles. The summed E-state index contributed by atoms with van der Waals surface area (Å²) in [6, 6.07) is 0. The number of hydrogen-bond donors (Lipinski definition) is 1. The van der Waals surface area contributed by atoms with Gasteiger partial charge < -0.3 is 0 Å². The van der Waals surface area contributed by atoms with Crippen molar-refractivity contribution in [1.29, 1.82) is 0 Å². The van der Waals surface area contributed by atoms with Crippen molar-refractivity contribution >= 4 is 43.8 Å². The van der Waals surface area contributed by atoms with Gasteiger partial charge in [-0.2, -0.15) is 0 Å². The number of nitrogens with zero attached hydrogens (tertiary/aromatic N) is 6. The molecule has 0 spiro atoms. The summed E-state index contributed by atoms with van der Waals surface area (Å²) in [5.74, 6) is 0. The topological polar surface area (TPSA) is 49.7 Å². The van der Waals surface area contributed by atoms with Crippen LogP contribution in [0.1, 0.15) is 51.4 Å². The molecule has 12 heteroatoms.